The highest BCUT2D eigenvalue weighted by Gasteiger charge is 2.34. The maximum atomic E-state index is 12.8. The topological polar surface area (TPSA) is 114 Å². The molecule has 1 atom stereocenters. The summed E-state index contributed by atoms with van der Waals surface area (Å²) in [6.45, 7) is 4.52. The molecule has 1 aliphatic heterocycles. The summed E-state index contributed by atoms with van der Waals surface area (Å²) in [7, 11) is 1.23. The minimum Gasteiger partial charge on any atom is -0.453 e. The minimum absolute atomic E-state index is 0.205. The van der Waals surface area contributed by atoms with Crippen molar-refractivity contribution < 1.29 is 19.1 Å². The SMILES string of the molecule is CCC.COC(=O)NCC(=O)N1CCC[C@H]1C(=O)Nc1ccc(-c2ccc3cc(N)ccc3c2)cc1. The van der Waals surface area contributed by atoms with Crippen LogP contribution in [-0.4, -0.2) is 49.0 Å². The number of amides is 3. The second-order valence-corrected chi connectivity index (χ2v) is 8.69. The fourth-order valence-corrected chi connectivity index (χ4v) is 4.07. The van der Waals surface area contributed by atoms with Crippen molar-refractivity contribution in [1.29, 1.82) is 0 Å². The number of nitrogens with two attached hydrogens (primary N) is 1. The molecule has 0 saturated carbocycles. The average Bonchev–Trinajstić information content (AvgIpc) is 3.38. The number of anilines is 2. The molecule has 1 heterocycles. The van der Waals surface area contributed by atoms with Gasteiger partial charge < -0.3 is 26.0 Å². The van der Waals surface area contributed by atoms with Gasteiger partial charge in [0.2, 0.25) is 11.8 Å². The molecule has 36 heavy (non-hydrogen) atoms. The number of nitrogens with one attached hydrogen (secondary N) is 2. The van der Waals surface area contributed by atoms with E-state index in [1.165, 1.54) is 18.4 Å². The van der Waals surface area contributed by atoms with Crippen molar-refractivity contribution in [1.82, 2.24) is 10.2 Å². The van der Waals surface area contributed by atoms with Crippen molar-refractivity contribution in [2.45, 2.75) is 39.2 Å². The Bertz CT molecular complexity index is 1210. The number of nitrogens with zero attached hydrogens (tertiary/aromatic N) is 1. The smallest absolute Gasteiger partial charge is 0.407 e. The van der Waals surface area contributed by atoms with Crippen LogP contribution in [0, 0.1) is 0 Å². The van der Waals surface area contributed by atoms with Gasteiger partial charge in [0.25, 0.3) is 0 Å². The van der Waals surface area contributed by atoms with Gasteiger partial charge in [-0.2, -0.15) is 0 Å². The number of alkyl carbamates (subject to hydrolysis) is 1. The van der Waals surface area contributed by atoms with E-state index >= 15 is 0 Å². The third-order valence-corrected chi connectivity index (χ3v) is 5.80. The number of benzene rings is 3. The van der Waals surface area contributed by atoms with Crippen molar-refractivity contribution in [3.8, 4) is 11.1 Å². The molecule has 8 heteroatoms. The summed E-state index contributed by atoms with van der Waals surface area (Å²) in [6.07, 6.45) is 1.88. The van der Waals surface area contributed by atoms with Crippen LogP contribution in [0.1, 0.15) is 33.1 Å². The summed E-state index contributed by atoms with van der Waals surface area (Å²) in [5, 5.41) is 7.45. The van der Waals surface area contributed by atoms with Crippen LogP contribution in [0.5, 0.6) is 0 Å². The van der Waals surface area contributed by atoms with Crippen LogP contribution in [0.4, 0.5) is 16.2 Å². The zero-order valence-corrected chi connectivity index (χ0v) is 21.0. The molecule has 0 aliphatic carbocycles. The van der Waals surface area contributed by atoms with Crippen molar-refractivity contribution in [3.05, 3.63) is 60.7 Å². The number of carbonyl (C=O) groups is 3. The molecule has 0 bridgehead atoms. The monoisotopic (exact) mass is 490 g/mol. The Morgan fingerprint density at radius 2 is 1.61 bits per heavy atom. The Balaban J connectivity index is 0.00000115. The van der Waals surface area contributed by atoms with Crippen LogP contribution >= 0.6 is 0 Å². The minimum atomic E-state index is -0.681. The summed E-state index contributed by atoms with van der Waals surface area (Å²) >= 11 is 0. The molecule has 4 N–H and O–H groups in total. The normalized spacial score (nSPS) is 14.5. The molecular weight excluding hydrogens is 456 g/mol. The van der Waals surface area contributed by atoms with Crippen LogP contribution < -0.4 is 16.4 Å². The van der Waals surface area contributed by atoms with Crippen molar-refractivity contribution >= 4 is 40.1 Å². The summed E-state index contributed by atoms with van der Waals surface area (Å²) in [5.74, 6) is -0.554. The zero-order valence-electron chi connectivity index (χ0n) is 21.0. The lowest BCUT2D eigenvalue weighted by molar-refractivity contribution is -0.135. The largest absolute Gasteiger partial charge is 0.453 e. The van der Waals surface area contributed by atoms with Gasteiger partial charge in [0.1, 0.15) is 12.6 Å². The Labute approximate surface area is 211 Å². The van der Waals surface area contributed by atoms with Gasteiger partial charge in [-0.15, -0.1) is 0 Å². The first-order chi connectivity index (χ1) is 17.4. The number of ether oxygens (including phenoxy) is 1. The highest BCUT2D eigenvalue weighted by molar-refractivity contribution is 5.98. The number of hydrogen-bond donors (Lipinski definition) is 3. The molecule has 3 aromatic carbocycles. The third kappa shape index (κ3) is 6.75. The van der Waals surface area contributed by atoms with Gasteiger partial charge in [0.15, 0.2) is 0 Å². The van der Waals surface area contributed by atoms with Crippen LogP contribution in [-0.2, 0) is 14.3 Å². The van der Waals surface area contributed by atoms with Gasteiger partial charge >= 0.3 is 6.09 Å². The summed E-state index contributed by atoms with van der Waals surface area (Å²) in [6, 6.07) is 19.0. The lowest BCUT2D eigenvalue weighted by atomic mass is 10.0. The second-order valence-electron chi connectivity index (χ2n) is 8.69. The number of nitrogen functional groups attached to an aromatic ring is 1. The number of methoxy groups -OCH3 is 1. The predicted octanol–water partition coefficient (Wildman–Crippen LogP) is 4.79. The quantitative estimate of drug-likeness (QED) is 0.445. The van der Waals surface area contributed by atoms with E-state index in [1.807, 2.05) is 54.6 Å². The van der Waals surface area contributed by atoms with Crippen LogP contribution in [0.3, 0.4) is 0 Å². The lowest BCUT2D eigenvalue weighted by Gasteiger charge is -2.24. The van der Waals surface area contributed by atoms with E-state index in [2.05, 4.69) is 35.3 Å². The van der Waals surface area contributed by atoms with Gasteiger partial charge in [0, 0.05) is 17.9 Å². The molecule has 1 aliphatic rings. The Kier molecular flexibility index (Phi) is 9.27. The van der Waals surface area contributed by atoms with Crippen molar-refractivity contribution in [2.75, 3.05) is 31.2 Å². The van der Waals surface area contributed by atoms with Gasteiger partial charge in [-0.1, -0.05) is 50.6 Å². The van der Waals surface area contributed by atoms with Crippen LogP contribution in [0.15, 0.2) is 60.7 Å². The maximum Gasteiger partial charge on any atom is 0.407 e. The van der Waals surface area contributed by atoms with E-state index in [4.69, 9.17) is 5.73 Å². The number of likely N-dealkylation sites (tertiary alicyclic amines) is 1. The van der Waals surface area contributed by atoms with Gasteiger partial charge in [-0.05, 0) is 65.1 Å². The molecule has 190 valence electrons. The fraction of sp³-hybridized carbons (Fsp3) is 0.321. The molecule has 3 amide bonds. The Morgan fingerprint density at radius 1 is 0.972 bits per heavy atom. The second kappa shape index (κ2) is 12.6. The molecule has 8 nitrogen and oxygen atoms in total. The standard InChI is InChI=1S/C25H26N4O4.C3H8/c1-33-25(32)27-15-23(30)29-12-2-3-22(29)24(31)28-21-10-7-16(8-11-21)17-4-5-19-14-20(26)9-6-18(19)13-17;1-3-2/h4-11,13-14,22H,2-3,12,15,26H2,1H3,(H,27,32)(H,28,31);3H2,1-2H3/t22-;/m0./s1. The average molecular weight is 491 g/mol. The van der Waals surface area contributed by atoms with Crippen LogP contribution in [0.25, 0.3) is 21.9 Å². The Morgan fingerprint density at radius 3 is 2.31 bits per heavy atom. The van der Waals surface area contributed by atoms with Gasteiger partial charge in [-0.25, -0.2) is 4.79 Å². The van der Waals surface area contributed by atoms with E-state index < -0.39 is 12.1 Å². The summed E-state index contributed by atoms with van der Waals surface area (Å²) in [4.78, 5) is 37.9. The predicted molar refractivity (Wildman–Crippen MR) is 144 cm³/mol. The molecular formula is C28H34N4O4. The number of rotatable bonds is 5. The summed E-state index contributed by atoms with van der Waals surface area (Å²) in [5.41, 5.74) is 9.34. The van der Waals surface area contributed by atoms with E-state index in [9.17, 15) is 14.4 Å². The van der Waals surface area contributed by atoms with E-state index in [1.54, 1.807) is 0 Å². The number of hydrogen-bond acceptors (Lipinski definition) is 5. The highest BCUT2D eigenvalue weighted by atomic mass is 16.5. The number of fused-ring (bicyclic) bond motifs is 1. The molecule has 0 radical (unpaired) electrons. The molecule has 0 unspecified atom stereocenters. The first-order valence-electron chi connectivity index (χ1n) is 12.2. The summed E-state index contributed by atoms with van der Waals surface area (Å²) < 4.78 is 4.48. The van der Waals surface area contributed by atoms with E-state index in [0.717, 1.165) is 34.0 Å². The van der Waals surface area contributed by atoms with E-state index in [-0.39, 0.29) is 18.4 Å². The van der Waals surface area contributed by atoms with E-state index in [0.29, 0.717) is 18.7 Å². The third-order valence-electron chi connectivity index (χ3n) is 5.80. The highest BCUT2D eigenvalue weighted by Crippen LogP contribution is 2.27. The molecule has 0 spiro atoms. The molecule has 1 saturated heterocycles. The molecule has 4 rings (SSSR count). The lowest BCUT2D eigenvalue weighted by Crippen LogP contribution is -2.47. The van der Waals surface area contributed by atoms with Crippen LogP contribution in [0.2, 0.25) is 0 Å². The number of carbonyl (C=O) groups excluding carboxylic acids is 3. The zero-order chi connectivity index (χ0) is 26.1. The molecule has 0 aromatic heterocycles. The first-order valence-corrected chi connectivity index (χ1v) is 12.2. The first kappa shape index (κ1) is 26.5. The maximum absolute atomic E-state index is 12.8. The Hall–Kier alpha value is -4.07. The van der Waals surface area contributed by atoms with Crippen molar-refractivity contribution in [3.63, 3.8) is 0 Å². The van der Waals surface area contributed by atoms with Crippen molar-refractivity contribution in [2.24, 2.45) is 0 Å². The molecule has 3 aromatic rings. The van der Waals surface area contributed by atoms with Gasteiger partial charge in [0.05, 0.1) is 7.11 Å². The fourth-order valence-electron chi connectivity index (χ4n) is 4.07. The van der Waals surface area contributed by atoms with Gasteiger partial charge in [-0.3, -0.25) is 9.59 Å². The molecule has 1 fully saturated rings.